The molecule has 4 rings (SSSR count). The maximum Gasteiger partial charge on any atom is 0.408 e. The zero-order valence-corrected chi connectivity index (χ0v) is 18.3. The van der Waals surface area contributed by atoms with E-state index in [0.29, 0.717) is 13.0 Å². The van der Waals surface area contributed by atoms with Gasteiger partial charge in [0.25, 0.3) is 0 Å². The number of amides is 2. The van der Waals surface area contributed by atoms with Crippen molar-refractivity contribution in [3.05, 3.63) is 59.3 Å². The molecule has 8 heteroatoms. The van der Waals surface area contributed by atoms with Gasteiger partial charge in [0.05, 0.1) is 6.04 Å². The summed E-state index contributed by atoms with van der Waals surface area (Å²) in [7, 11) is 0. The largest absolute Gasteiger partial charge is 0.508 e. The molecule has 3 aromatic rings. The second-order valence-electron chi connectivity index (χ2n) is 8.94. The molecule has 0 radical (unpaired) electrons. The van der Waals surface area contributed by atoms with Gasteiger partial charge in [-0.15, -0.1) is 0 Å². The fraction of sp³-hybridized carbons (Fsp3) is 0.333. The van der Waals surface area contributed by atoms with Crippen molar-refractivity contribution < 1.29 is 24.5 Å². The fourth-order valence-electron chi connectivity index (χ4n) is 4.15. The van der Waals surface area contributed by atoms with E-state index in [1.54, 1.807) is 62.1 Å². The number of fused-ring (bicyclic) bond motifs is 3. The van der Waals surface area contributed by atoms with Crippen molar-refractivity contribution in [2.75, 3.05) is 13.1 Å². The number of phenolic OH excluding ortho intramolecular Hbond substituents is 2. The number of aromatic nitrogens is 1. The number of benzene rings is 2. The molecule has 0 saturated heterocycles. The summed E-state index contributed by atoms with van der Waals surface area (Å²) in [6.45, 7) is 5.48. The molecule has 0 spiro atoms. The van der Waals surface area contributed by atoms with Crippen LogP contribution >= 0.6 is 0 Å². The number of alkyl carbamates (subject to hydrolysis) is 1. The summed E-state index contributed by atoms with van der Waals surface area (Å²) in [6.07, 6.45) is -0.0646. The molecule has 1 unspecified atom stereocenters. The number of carbonyl (C=O) groups excluding carboxylic acids is 2. The summed E-state index contributed by atoms with van der Waals surface area (Å²) in [4.78, 5) is 30.3. The van der Waals surface area contributed by atoms with Gasteiger partial charge < -0.3 is 30.2 Å². The molecule has 0 bridgehead atoms. The van der Waals surface area contributed by atoms with E-state index in [-0.39, 0.29) is 24.0 Å². The Morgan fingerprint density at radius 2 is 1.91 bits per heavy atom. The zero-order valence-electron chi connectivity index (χ0n) is 18.3. The minimum atomic E-state index is -0.660. The topological polar surface area (TPSA) is 115 Å². The third kappa shape index (κ3) is 4.34. The first-order valence-corrected chi connectivity index (χ1v) is 10.5. The summed E-state index contributed by atoms with van der Waals surface area (Å²) in [6, 6.07) is 11.4. The number of carbonyl (C=O) groups is 2. The smallest absolute Gasteiger partial charge is 0.408 e. The third-order valence-electron chi connectivity index (χ3n) is 5.40. The third-order valence-corrected chi connectivity index (χ3v) is 5.40. The van der Waals surface area contributed by atoms with Gasteiger partial charge in [0, 0.05) is 23.1 Å². The minimum absolute atomic E-state index is 0.0997. The first kappa shape index (κ1) is 21.5. The van der Waals surface area contributed by atoms with E-state index in [1.165, 1.54) is 0 Å². The molecular formula is C24H27N3O5. The van der Waals surface area contributed by atoms with Gasteiger partial charge in [-0.3, -0.25) is 4.79 Å². The standard InChI is InChI=1S/C24H27N3O5/c1-24(2,3)32-23(31)25-13-20(30)27-10-9-17-18-12-16(29)7-8-19(18)26-21(17)22(27)14-5-4-6-15(28)11-14/h4-8,11-12,22,26,28-29H,9-10,13H2,1-3H3,(H,25,31). The number of aromatic amines is 1. The summed E-state index contributed by atoms with van der Waals surface area (Å²) < 4.78 is 5.23. The van der Waals surface area contributed by atoms with Gasteiger partial charge in [0.15, 0.2) is 0 Å². The maximum absolute atomic E-state index is 13.2. The number of aromatic hydroxyl groups is 2. The second-order valence-corrected chi connectivity index (χ2v) is 8.94. The lowest BCUT2D eigenvalue weighted by atomic mass is 9.92. The number of ether oxygens (including phenoxy) is 1. The van der Waals surface area contributed by atoms with Gasteiger partial charge in [-0.05, 0) is 68.7 Å². The van der Waals surface area contributed by atoms with Crippen LogP contribution in [-0.4, -0.2) is 50.8 Å². The van der Waals surface area contributed by atoms with Crippen molar-refractivity contribution in [3.63, 3.8) is 0 Å². The molecule has 8 nitrogen and oxygen atoms in total. The lowest BCUT2D eigenvalue weighted by molar-refractivity contribution is -0.132. The van der Waals surface area contributed by atoms with Crippen LogP contribution in [0.25, 0.3) is 10.9 Å². The van der Waals surface area contributed by atoms with Crippen LogP contribution in [0.1, 0.15) is 43.6 Å². The number of rotatable bonds is 3. The second kappa shape index (κ2) is 8.11. The van der Waals surface area contributed by atoms with Crippen LogP contribution < -0.4 is 5.32 Å². The number of nitrogens with one attached hydrogen (secondary N) is 2. The van der Waals surface area contributed by atoms with Crippen molar-refractivity contribution in [1.29, 1.82) is 0 Å². The van der Waals surface area contributed by atoms with E-state index in [4.69, 9.17) is 4.74 Å². The normalized spacial score (nSPS) is 16.0. The Hall–Kier alpha value is -3.68. The molecule has 2 aromatic carbocycles. The van der Waals surface area contributed by atoms with Gasteiger partial charge in [-0.2, -0.15) is 0 Å². The molecular weight excluding hydrogens is 410 g/mol. The Labute approximate surface area is 185 Å². The zero-order chi connectivity index (χ0) is 23.0. The lowest BCUT2D eigenvalue weighted by Crippen LogP contribution is -2.46. The molecule has 2 amide bonds. The van der Waals surface area contributed by atoms with E-state index in [2.05, 4.69) is 10.3 Å². The molecule has 168 valence electrons. The predicted molar refractivity (Wildman–Crippen MR) is 120 cm³/mol. The van der Waals surface area contributed by atoms with E-state index in [1.807, 2.05) is 6.07 Å². The van der Waals surface area contributed by atoms with Crippen molar-refractivity contribution in [1.82, 2.24) is 15.2 Å². The van der Waals surface area contributed by atoms with Crippen LogP contribution in [0.5, 0.6) is 11.5 Å². The highest BCUT2D eigenvalue weighted by atomic mass is 16.6. The van der Waals surface area contributed by atoms with Crippen LogP contribution in [-0.2, 0) is 16.0 Å². The lowest BCUT2D eigenvalue weighted by Gasteiger charge is -2.36. The summed E-state index contributed by atoms with van der Waals surface area (Å²) in [5.41, 5.74) is 2.79. The Bertz CT molecular complexity index is 1180. The molecule has 4 N–H and O–H groups in total. The van der Waals surface area contributed by atoms with Gasteiger partial charge in [0.1, 0.15) is 23.6 Å². The van der Waals surface area contributed by atoms with Crippen molar-refractivity contribution in [3.8, 4) is 11.5 Å². The first-order valence-electron chi connectivity index (χ1n) is 10.5. The molecule has 0 aliphatic carbocycles. The van der Waals surface area contributed by atoms with Gasteiger partial charge in [-0.1, -0.05) is 12.1 Å². The van der Waals surface area contributed by atoms with Crippen molar-refractivity contribution in [2.24, 2.45) is 0 Å². The summed E-state index contributed by atoms with van der Waals surface area (Å²) in [5, 5.41) is 23.4. The Balaban J connectivity index is 1.67. The van der Waals surface area contributed by atoms with E-state index >= 15 is 0 Å². The molecule has 1 aliphatic heterocycles. The van der Waals surface area contributed by atoms with Gasteiger partial charge in [-0.25, -0.2) is 4.79 Å². The number of H-pyrrole nitrogens is 1. The first-order chi connectivity index (χ1) is 15.1. The highest BCUT2D eigenvalue weighted by molar-refractivity contribution is 5.88. The molecule has 1 atom stereocenters. The minimum Gasteiger partial charge on any atom is -0.508 e. The van der Waals surface area contributed by atoms with Gasteiger partial charge >= 0.3 is 6.09 Å². The molecule has 32 heavy (non-hydrogen) atoms. The summed E-state index contributed by atoms with van der Waals surface area (Å²) in [5.74, 6) is 0.00675. The SMILES string of the molecule is CC(C)(C)OC(=O)NCC(=O)N1CCc2c([nH]c3ccc(O)cc23)C1c1cccc(O)c1. The van der Waals surface area contributed by atoms with Crippen LogP contribution in [0.2, 0.25) is 0 Å². The van der Waals surface area contributed by atoms with E-state index < -0.39 is 17.7 Å². The Morgan fingerprint density at radius 3 is 2.62 bits per heavy atom. The number of nitrogens with zero attached hydrogens (tertiary/aromatic N) is 1. The van der Waals surface area contributed by atoms with Crippen LogP contribution in [0.4, 0.5) is 4.79 Å². The van der Waals surface area contributed by atoms with Crippen molar-refractivity contribution >= 4 is 22.9 Å². The molecule has 0 fully saturated rings. The monoisotopic (exact) mass is 437 g/mol. The van der Waals surface area contributed by atoms with E-state index in [9.17, 15) is 19.8 Å². The predicted octanol–water partition coefficient (Wildman–Crippen LogP) is 3.58. The highest BCUT2D eigenvalue weighted by Crippen LogP contribution is 2.39. The highest BCUT2D eigenvalue weighted by Gasteiger charge is 2.35. The fourth-order valence-corrected chi connectivity index (χ4v) is 4.15. The Morgan fingerprint density at radius 1 is 1.16 bits per heavy atom. The van der Waals surface area contributed by atoms with Crippen LogP contribution in [0, 0.1) is 0 Å². The van der Waals surface area contributed by atoms with E-state index in [0.717, 1.165) is 27.7 Å². The Kier molecular flexibility index (Phi) is 5.46. The average molecular weight is 437 g/mol. The number of hydrogen-bond donors (Lipinski definition) is 4. The summed E-state index contributed by atoms with van der Waals surface area (Å²) >= 11 is 0. The average Bonchev–Trinajstić information content (AvgIpc) is 3.08. The van der Waals surface area contributed by atoms with Crippen LogP contribution in [0.3, 0.4) is 0 Å². The number of phenols is 2. The number of hydrogen-bond acceptors (Lipinski definition) is 5. The molecule has 0 saturated carbocycles. The maximum atomic E-state index is 13.2. The molecule has 1 aromatic heterocycles. The van der Waals surface area contributed by atoms with Crippen molar-refractivity contribution in [2.45, 2.75) is 38.8 Å². The van der Waals surface area contributed by atoms with Gasteiger partial charge in [0.2, 0.25) is 5.91 Å². The van der Waals surface area contributed by atoms with Crippen LogP contribution in [0.15, 0.2) is 42.5 Å². The molecule has 2 heterocycles. The molecule has 1 aliphatic rings. The quantitative estimate of drug-likeness (QED) is 0.500.